The second kappa shape index (κ2) is 10.0. The standard InChI is InChI=1S/C24H24N2O5S/c1-17-4-8-20(25-24(27)15-7-18-5-11-21(30-2)12-6-18)16-23(17)32(28,29)26-19-9-13-22(31-3)14-10-19/h4-16,26H,1-3H3,(H,25,27)/b15-7+. The van der Waals surface area contributed by atoms with Crippen molar-refractivity contribution in [2.75, 3.05) is 24.3 Å². The van der Waals surface area contributed by atoms with Gasteiger partial charge in [-0.1, -0.05) is 18.2 Å². The number of hydrogen-bond acceptors (Lipinski definition) is 5. The predicted octanol–water partition coefficient (Wildman–Crippen LogP) is 4.46. The number of benzene rings is 3. The lowest BCUT2D eigenvalue weighted by Gasteiger charge is -2.12. The monoisotopic (exact) mass is 452 g/mol. The van der Waals surface area contributed by atoms with Gasteiger partial charge in [0, 0.05) is 17.5 Å². The summed E-state index contributed by atoms with van der Waals surface area (Å²) in [5.41, 5.74) is 2.16. The van der Waals surface area contributed by atoms with Crippen LogP contribution in [-0.2, 0) is 14.8 Å². The lowest BCUT2D eigenvalue weighted by molar-refractivity contribution is -0.111. The molecule has 0 saturated heterocycles. The molecular formula is C24H24N2O5S. The fourth-order valence-corrected chi connectivity index (χ4v) is 4.24. The van der Waals surface area contributed by atoms with Crippen LogP contribution in [0, 0.1) is 6.92 Å². The molecule has 32 heavy (non-hydrogen) atoms. The number of aryl methyl sites for hydroxylation is 1. The van der Waals surface area contributed by atoms with Gasteiger partial charge in [0.2, 0.25) is 5.91 Å². The van der Waals surface area contributed by atoms with E-state index < -0.39 is 10.0 Å². The molecule has 3 rings (SSSR count). The first-order valence-corrected chi connectivity index (χ1v) is 11.2. The topological polar surface area (TPSA) is 93.7 Å². The second-order valence-corrected chi connectivity index (χ2v) is 8.56. The summed E-state index contributed by atoms with van der Waals surface area (Å²) in [6.07, 6.45) is 3.04. The van der Waals surface area contributed by atoms with Crippen LogP contribution in [0.4, 0.5) is 11.4 Å². The Morgan fingerprint density at radius 2 is 1.41 bits per heavy atom. The first-order valence-electron chi connectivity index (χ1n) is 9.71. The number of anilines is 2. The van der Waals surface area contributed by atoms with Crippen LogP contribution in [0.1, 0.15) is 11.1 Å². The average molecular weight is 453 g/mol. The molecular weight excluding hydrogens is 428 g/mol. The average Bonchev–Trinajstić information content (AvgIpc) is 2.79. The van der Waals surface area contributed by atoms with Crippen molar-refractivity contribution >= 4 is 33.4 Å². The molecule has 0 aliphatic carbocycles. The van der Waals surface area contributed by atoms with Gasteiger partial charge in [0.25, 0.3) is 10.0 Å². The zero-order valence-corrected chi connectivity index (χ0v) is 18.8. The largest absolute Gasteiger partial charge is 0.497 e. The molecule has 0 spiro atoms. The lowest BCUT2D eigenvalue weighted by atomic mass is 10.2. The highest BCUT2D eigenvalue weighted by molar-refractivity contribution is 7.92. The van der Waals surface area contributed by atoms with E-state index in [1.165, 1.54) is 19.3 Å². The zero-order chi connectivity index (χ0) is 23.1. The third-order valence-electron chi connectivity index (χ3n) is 4.63. The third-order valence-corrected chi connectivity index (χ3v) is 6.15. The summed E-state index contributed by atoms with van der Waals surface area (Å²) in [4.78, 5) is 12.4. The fourth-order valence-electron chi connectivity index (χ4n) is 2.91. The molecule has 0 aliphatic rings. The molecule has 1 amide bonds. The van der Waals surface area contributed by atoms with Crippen LogP contribution in [0.5, 0.6) is 11.5 Å². The number of hydrogen-bond donors (Lipinski definition) is 2. The zero-order valence-electron chi connectivity index (χ0n) is 18.0. The Hall–Kier alpha value is -3.78. The Labute approximate surface area is 187 Å². The van der Waals surface area contributed by atoms with Crippen LogP contribution in [-0.4, -0.2) is 28.5 Å². The summed E-state index contributed by atoms with van der Waals surface area (Å²) in [6.45, 7) is 1.69. The van der Waals surface area contributed by atoms with Crippen LogP contribution >= 0.6 is 0 Å². The molecule has 166 valence electrons. The predicted molar refractivity (Wildman–Crippen MR) is 126 cm³/mol. The van der Waals surface area contributed by atoms with E-state index in [2.05, 4.69) is 10.0 Å². The highest BCUT2D eigenvalue weighted by Crippen LogP contribution is 2.24. The Balaban J connectivity index is 1.73. The number of rotatable bonds is 8. The van der Waals surface area contributed by atoms with E-state index in [9.17, 15) is 13.2 Å². The molecule has 0 aliphatic heterocycles. The number of nitrogens with one attached hydrogen (secondary N) is 2. The quantitative estimate of drug-likeness (QED) is 0.492. The van der Waals surface area contributed by atoms with Gasteiger partial charge < -0.3 is 14.8 Å². The molecule has 0 aromatic heterocycles. The number of sulfonamides is 1. The van der Waals surface area contributed by atoms with Gasteiger partial charge in [0.05, 0.1) is 19.1 Å². The lowest BCUT2D eigenvalue weighted by Crippen LogP contribution is -2.15. The third kappa shape index (κ3) is 5.89. The SMILES string of the molecule is COc1ccc(/C=C/C(=O)Nc2ccc(C)c(S(=O)(=O)Nc3ccc(OC)cc3)c2)cc1. The molecule has 0 heterocycles. The summed E-state index contributed by atoms with van der Waals surface area (Å²) in [5.74, 6) is 0.968. The minimum Gasteiger partial charge on any atom is -0.497 e. The van der Waals surface area contributed by atoms with E-state index >= 15 is 0 Å². The van der Waals surface area contributed by atoms with Gasteiger partial charge in [-0.15, -0.1) is 0 Å². The van der Waals surface area contributed by atoms with Crippen LogP contribution in [0.25, 0.3) is 6.08 Å². The molecule has 3 aromatic carbocycles. The van der Waals surface area contributed by atoms with Crippen molar-refractivity contribution in [1.29, 1.82) is 0 Å². The number of carbonyl (C=O) groups is 1. The molecule has 3 aromatic rings. The van der Waals surface area contributed by atoms with Gasteiger partial charge in [-0.3, -0.25) is 9.52 Å². The van der Waals surface area contributed by atoms with Gasteiger partial charge in [0.15, 0.2) is 0 Å². The smallest absolute Gasteiger partial charge is 0.262 e. The first kappa shape index (κ1) is 22.9. The van der Waals surface area contributed by atoms with Gasteiger partial charge in [-0.05, 0) is 72.7 Å². The number of carbonyl (C=O) groups excluding carboxylic acids is 1. The highest BCUT2D eigenvalue weighted by Gasteiger charge is 2.18. The van der Waals surface area contributed by atoms with E-state index in [1.54, 1.807) is 68.6 Å². The summed E-state index contributed by atoms with van der Waals surface area (Å²) in [7, 11) is -0.735. The van der Waals surface area contributed by atoms with E-state index in [1.807, 2.05) is 12.1 Å². The first-order chi connectivity index (χ1) is 15.3. The van der Waals surface area contributed by atoms with Crippen molar-refractivity contribution in [3.8, 4) is 11.5 Å². The number of ether oxygens (including phenoxy) is 2. The second-order valence-electron chi connectivity index (χ2n) is 6.91. The molecule has 0 atom stereocenters. The Morgan fingerprint density at radius 1 is 0.844 bits per heavy atom. The number of methoxy groups -OCH3 is 2. The highest BCUT2D eigenvalue weighted by atomic mass is 32.2. The molecule has 0 unspecified atom stereocenters. The normalized spacial score (nSPS) is 11.2. The molecule has 0 radical (unpaired) electrons. The Bertz CT molecular complexity index is 1220. The Morgan fingerprint density at radius 3 is 2.00 bits per heavy atom. The molecule has 7 nitrogen and oxygen atoms in total. The van der Waals surface area contributed by atoms with E-state index in [4.69, 9.17) is 9.47 Å². The van der Waals surface area contributed by atoms with Gasteiger partial charge in [-0.25, -0.2) is 8.42 Å². The molecule has 8 heteroatoms. The van der Waals surface area contributed by atoms with E-state index in [0.717, 1.165) is 11.3 Å². The summed E-state index contributed by atoms with van der Waals surface area (Å²) >= 11 is 0. The van der Waals surface area contributed by atoms with E-state index in [0.29, 0.717) is 22.7 Å². The minimum absolute atomic E-state index is 0.0743. The molecule has 2 N–H and O–H groups in total. The van der Waals surface area contributed by atoms with Gasteiger partial charge in [-0.2, -0.15) is 0 Å². The summed E-state index contributed by atoms with van der Waals surface area (Å²) in [5, 5.41) is 2.69. The maximum Gasteiger partial charge on any atom is 0.262 e. The summed E-state index contributed by atoms with van der Waals surface area (Å²) < 4.78 is 38.5. The van der Waals surface area contributed by atoms with E-state index in [-0.39, 0.29) is 10.8 Å². The van der Waals surface area contributed by atoms with Crippen molar-refractivity contribution in [2.45, 2.75) is 11.8 Å². The van der Waals surface area contributed by atoms with Crippen molar-refractivity contribution in [3.63, 3.8) is 0 Å². The maximum atomic E-state index is 12.9. The van der Waals surface area contributed by atoms with Crippen molar-refractivity contribution in [3.05, 3.63) is 83.9 Å². The van der Waals surface area contributed by atoms with Crippen molar-refractivity contribution in [1.82, 2.24) is 0 Å². The van der Waals surface area contributed by atoms with Crippen LogP contribution < -0.4 is 19.5 Å². The van der Waals surface area contributed by atoms with Crippen molar-refractivity contribution in [2.24, 2.45) is 0 Å². The summed E-state index contributed by atoms with van der Waals surface area (Å²) in [6, 6.07) is 18.5. The van der Waals surface area contributed by atoms with Crippen LogP contribution in [0.15, 0.2) is 77.7 Å². The van der Waals surface area contributed by atoms with Gasteiger partial charge in [0.1, 0.15) is 11.5 Å². The molecule has 0 bridgehead atoms. The Kier molecular flexibility index (Phi) is 7.17. The maximum absolute atomic E-state index is 12.9. The molecule has 0 fully saturated rings. The van der Waals surface area contributed by atoms with Crippen LogP contribution in [0.3, 0.4) is 0 Å². The van der Waals surface area contributed by atoms with Crippen LogP contribution in [0.2, 0.25) is 0 Å². The molecule has 0 saturated carbocycles. The van der Waals surface area contributed by atoms with Crippen molar-refractivity contribution < 1.29 is 22.7 Å². The number of amides is 1. The minimum atomic E-state index is -3.86. The van der Waals surface area contributed by atoms with Gasteiger partial charge >= 0.3 is 0 Å². The fraction of sp³-hybridized carbons (Fsp3) is 0.125.